The van der Waals surface area contributed by atoms with E-state index in [-0.39, 0.29) is 0 Å². The third-order valence-electron chi connectivity index (χ3n) is 10.6. The molecular weight excluding hydrogens is 583 g/mol. The molecule has 0 fully saturated rings. The van der Waals surface area contributed by atoms with Crippen molar-refractivity contribution in [2.75, 3.05) is 0 Å². The van der Waals surface area contributed by atoms with Crippen molar-refractivity contribution in [1.29, 1.82) is 0 Å². The van der Waals surface area contributed by atoms with Crippen molar-refractivity contribution < 1.29 is 4.42 Å². The summed E-state index contributed by atoms with van der Waals surface area (Å²) in [6.07, 6.45) is 6.79. The molecular formula is C46H29NO. The summed E-state index contributed by atoms with van der Waals surface area (Å²) in [6.45, 7) is 0. The van der Waals surface area contributed by atoms with E-state index in [1.54, 1.807) is 0 Å². The van der Waals surface area contributed by atoms with E-state index < -0.39 is 0 Å². The Kier molecular flexibility index (Phi) is 5.25. The Labute approximate surface area is 276 Å². The van der Waals surface area contributed by atoms with E-state index in [1.165, 1.54) is 70.9 Å². The Morgan fingerprint density at radius 3 is 2.29 bits per heavy atom. The van der Waals surface area contributed by atoms with Crippen LogP contribution in [0.2, 0.25) is 0 Å². The standard InChI is InChI=1S/C46H29NO/c1-2-12-30-26-32(23-20-28(30)10-1)47-41-25-22-31(34-17-9-18-39-36-15-7-8-19-42(36)48-46(34)39)27-40(41)44-43-33-13-4-3-11-29(33)21-24-37(43)35-14-5-6-16-38(35)45(44)47/h2-9,11-27H,1,10H2. The molecule has 2 heterocycles. The molecule has 2 heteroatoms. The van der Waals surface area contributed by atoms with E-state index in [1.807, 2.05) is 6.07 Å². The van der Waals surface area contributed by atoms with Gasteiger partial charge in [0.15, 0.2) is 0 Å². The molecule has 2 nitrogen and oxygen atoms in total. The van der Waals surface area contributed by atoms with Crippen molar-refractivity contribution in [2.24, 2.45) is 0 Å². The zero-order valence-corrected chi connectivity index (χ0v) is 26.2. The molecule has 0 bridgehead atoms. The van der Waals surface area contributed by atoms with Crippen molar-refractivity contribution in [3.63, 3.8) is 0 Å². The van der Waals surface area contributed by atoms with E-state index in [0.29, 0.717) is 0 Å². The Morgan fingerprint density at radius 1 is 0.542 bits per heavy atom. The maximum atomic E-state index is 6.54. The summed E-state index contributed by atoms with van der Waals surface area (Å²) in [7, 11) is 0. The highest BCUT2D eigenvalue weighted by molar-refractivity contribution is 6.37. The molecule has 0 N–H and O–H groups in total. The minimum Gasteiger partial charge on any atom is -0.455 e. The largest absolute Gasteiger partial charge is 0.455 e. The Morgan fingerprint density at radius 2 is 1.35 bits per heavy atom. The number of hydrogen-bond donors (Lipinski definition) is 0. The summed E-state index contributed by atoms with van der Waals surface area (Å²) in [5.74, 6) is 0. The molecule has 0 saturated carbocycles. The fourth-order valence-electron chi connectivity index (χ4n) is 8.45. The second-order valence-electron chi connectivity index (χ2n) is 13.2. The van der Waals surface area contributed by atoms with Gasteiger partial charge in [0.25, 0.3) is 0 Å². The quantitative estimate of drug-likeness (QED) is 0.178. The third kappa shape index (κ3) is 3.52. The van der Waals surface area contributed by atoms with Gasteiger partial charge in [-0.25, -0.2) is 0 Å². The number of aromatic nitrogens is 1. The van der Waals surface area contributed by atoms with Gasteiger partial charge in [0.1, 0.15) is 11.2 Å². The molecule has 11 rings (SSSR count). The molecule has 0 amide bonds. The fourth-order valence-corrected chi connectivity index (χ4v) is 8.45. The van der Waals surface area contributed by atoms with E-state index in [0.717, 1.165) is 45.9 Å². The normalized spacial score (nSPS) is 13.2. The first-order valence-electron chi connectivity index (χ1n) is 16.8. The maximum absolute atomic E-state index is 6.54. The van der Waals surface area contributed by atoms with Gasteiger partial charge >= 0.3 is 0 Å². The average molecular weight is 612 g/mol. The summed E-state index contributed by atoms with van der Waals surface area (Å²) in [4.78, 5) is 0. The molecule has 0 aliphatic heterocycles. The minimum absolute atomic E-state index is 0.919. The van der Waals surface area contributed by atoms with Crippen LogP contribution in [0.1, 0.15) is 17.5 Å². The molecule has 0 unspecified atom stereocenters. The summed E-state index contributed by atoms with van der Waals surface area (Å²) in [5, 5.41) is 12.5. The van der Waals surface area contributed by atoms with Crippen molar-refractivity contribution in [3.05, 3.63) is 157 Å². The fraction of sp³-hybridized carbons (Fsp3) is 0.0435. The average Bonchev–Trinajstić information content (AvgIpc) is 3.70. The lowest BCUT2D eigenvalue weighted by Gasteiger charge is -2.16. The summed E-state index contributed by atoms with van der Waals surface area (Å²) in [5.41, 5.74) is 10.5. The van der Waals surface area contributed by atoms with Crippen LogP contribution < -0.4 is 0 Å². The van der Waals surface area contributed by atoms with Crippen LogP contribution in [0.3, 0.4) is 0 Å². The topological polar surface area (TPSA) is 18.1 Å². The number of aryl methyl sites for hydroxylation is 1. The monoisotopic (exact) mass is 611 g/mol. The van der Waals surface area contributed by atoms with Crippen LogP contribution in [-0.2, 0) is 6.42 Å². The van der Waals surface area contributed by atoms with E-state index in [2.05, 4.69) is 150 Å². The molecule has 1 aliphatic carbocycles. The van der Waals surface area contributed by atoms with Gasteiger partial charge in [-0.15, -0.1) is 0 Å². The summed E-state index contributed by atoms with van der Waals surface area (Å²) < 4.78 is 9.06. The van der Waals surface area contributed by atoms with Crippen LogP contribution in [0.25, 0.3) is 99.0 Å². The number of para-hydroxylation sites is 2. The van der Waals surface area contributed by atoms with Crippen molar-refractivity contribution in [3.8, 4) is 16.8 Å². The highest BCUT2D eigenvalue weighted by Gasteiger charge is 2.22. The zero-order chi connectivity index (χ0) is 31.3. The summed E-state index contributed by atoms with van der Waals surface area (Å²) >= 11 is 0. The van der Waals surface area contributed by atoms with Gasteiger partial charge in [-0.3, -0.25) is 0 Å². The van der Waals surface area contributed by atoms with Crippen LogP contribution in [-0.4, -0.2) is 4.57 Å². The molecule has 0 saturated heterocycles. The molecule has 1 aliphatic rings. The highest BCUT2D eigenvalue weighted by atomic mass is 16.3. The second-order valence-corrected chi connectivity index (χ2v) is 13.2. The van der Waals surface area contributed by atoms with E-state index in [4.69, 9.17) is 4.42 Å². The molecule has 2 aromatic heterocycles. The van der Waals surface area contributed by atoms with Crippen LogP contribution in [0.15, 0.2) is 150 Å². The third-order valence-corrected chi connectivity index (χ3v) is 10.6. The second kappa shape index (κ2) is 9.70. The number of hydrogen-bond acceptors (Lipinski definition) is 1. The van der Waals surface area contributed by atoms with Crippen LogP contribution in [0, 0.1) is 0 Å². The SMILES string of the molecule is C1=Cc2cc(-n3c4ccc(-c5cccc6c5oc5ccccc56)cc4c4c5c6ccccc6ccc5c5ccccc5c43)ccc2CC1. The lowest BCUT2D eigenvalue weighted by molar-refractivity contribution is 0.670. The first-order valence-corrected chi connectivity index (χ1v) is 16.8. The van der Waals surface area contributed by atoms with Gasteiger partial charge in [0, 0.05) is 43.6 Å². The predicted molar refractivity (Wildman–Crippen MR) is 203 cm³/mol. The van der Waals surface area contributed by atoms with Gasteiger partial charge in [-0.05, 0) is 81.4 Å². The molecule has 0 radical (unpaired) electrons. The number of rotatable bonds is 2. The molecule has 0 atom stereocenters. The van der Waals surface area contributed by atoms with Crippen LogP contribution in [0.5, 0.6) is 0 Å². The molecule has 0 spiro atoms. The first-order chi connectivity index (χ1) is 23.8. The zero-order valence-electron chi connectivity index (χ0n) is 26.2. The Bertz CT molecular complexity index is 3010. The molecule has 8 aromatic carbocycles. The number of benzene rings is 8. The van der Waals surface area contributed by atoms with Gasteiger partial charge in [0.2, 0.25) is 0 Å². The highest BCUT2D eigenvalue weighted by Crippen LogP contribution is 2.46. The van der Waals surface area contributed by atoms with Crippen LogP contribution in [0.4, 0.5) is 0 Å². The smallest absolute Gasteiger partial charge is 0.143 e. The maximum Gasteiger partial charge on any atom is 0.143 e. The Hall–Kier alpha value is -6.12. The first kappa shape index (κ1) is 26.0. The minimum atomic E-state index is 0.919. The molecule has 224 valence electrons. The van der Waals surface area contributed by atoms with Crippen LogP contribution >= 0.6 is 0 Å². The number of furan rings is 1. The van der Waals surface area contributed by atoms with Gasteiger partial charge < -0.3 is 8.98 Å². The summed E-state index contributed by atoms with van der Waals surface area (Å²) in [6, 6.07) is 51.3. The number of fused-ring (bicyclic) bond motifs is 14. The van der Waals surface area contributed by atoms with Crippen molar-refractivity contribution in [1.82, 2.24) is 4.57 Å². The molecule has 10 aromatic rings. The lowest BCUT2D eigenvalue weighted by Crippen LogP contribution is -1.99. The number of allylic oxidation sites excluding steroid dienone is 1. The van der Waals surface area contributed by atoms with Gasteiger partial charge in [-0.1, -0.05) is 121 Å². The lowest BCUT2D eigenvalue weighted by atomic mass is 9.92. The van der Waals surface area contributed by atoms with E-state index >= 15 is 0 Å². The number of nitrogens with zero attached hydrogens (tertiary/aromatic N) is 1. The Balaban J connectivity index is 1.34. The van der Waals surface area contributed by atoms with Crippen molar-refractivity contribution >= 4 is 82.1 Å². The van der Waals surface area contributed by atoms with Gasteiger partial charge in [0.05, 0.1) is 11.0 Å². The predicted octanol–water partition coefficient (Wildman–Crippen LogP) is 12.8. The van der Waals surface area contributed by atoms with Gasteiger partial charge in [-0.2, -0.15) is 0 Å². The van der Waals surface area contributed by atoms with E-state index in [9.17, 15) is 0 Å². The molecule has 48 heavy (non-hydrogen) atoms. The van der Waals surface area contributed by atoms with Crippen molar-refractivity contribution in [2.45, 2.75) is 12.8 Å².